The average molecular weight is 404 g/mol. The zero-order chi connectivity index (χ0) is 20.3. The van der Waals surface area contributed by atoms with E-state index in [-0.39, 0.29) is 31.2 Å². The maximum absolute atomic E-state index is 14.1. The number of rotatable bonds is 6. The Balaban J connectivity index is 1.90. The van der Waals surface area contributed by atoms with Crippen LogP contribution in [0.2, 0.25) is 0 Å². The lowest BCUT2D eigenvalue weighted by molar-refractivity contribution is -0.130. The van der Waals surface area contributed by atoms with Crippen molar-refractivity contribution in [3.05, 3.63) is 71.5 Å². The minimum Gasteiger partial charge on any atom is -0.334 e. The molecule has 2 atom stereocenters. The molecule has 1 aliphatic heterocycles. The fraction of sp³-hybridized carbons (Fsp3) is 0.300. The molecule has 2 amide bonds. The minimum atomic E-state index is -3.71. The van der Waals surface area contributed by atoms with Crippen LogP contribution in [-0.2, 0) is 26.2 Å². The summed E-state index contributed by atoms with van der Waals surface area (Å²) < 4.78 is 38.8. The maximum Gasteiger partial charge on any atom is 0.235 e. The Bertz CT molecular complexity index is 979. The summed E-state index contributed by atoms with van der Waals surface area (Å²) in [7, 11) is -3.71. The first-order valence-corrected chi connectivity index (χ1v) is 10.7. The van der Waals surface area contributed by atoms with Crippen molar-refractivity contribution >= 4 is 21.8 Å². The highest BCUT2D eigenvalue weighted by molar-refractivity contribution is 7.89. The predicted octanol–water partition coefficient (Wildman–Crippen LogP) is 2.18. The number of halogens is 1. The summed E-state index contributed by atoms with van der Waals surface area (Å²) in [6, 6.07) is 14.8. The third kappa shape index (κ3) is 4.75. The molecule has 2 aromatic carbocycles. The smallest absolute Gasteiger partial charge is 0.235 e. The normalized spacial score (nSPS) is 19.6. The van der Waals surface area contributed by atoms with Crippen LogP contribution in [0.15, 0.2) is 54.6 Å². The molecule has 0 saturated carbocycles. The molecule has 0 spiro atoms. The highest BCUT2D eigenvalue weighted by Crippen LogP contribution is 2.37. The average Bonchev–Trinajstić information content (AvgIpc) is 2.92. The van der Waals surface area contributed by atoms with Gasteiger partial charge in [-0.2, -0.15) is 0 Å². The van der Waals surface area contributed by atoms with Crippen LogP contribution in [0.1, 0.15) is 29.9 Å². The molecule has 1 fully saturated rings. The fourth-order valence-electron chi connectivity index (χ4n) is 3.59. The molecule has 1 heterocycles. The Morgan fingerprint density at radius 2 is 1.79 bits per heavy atom. The summed E-state index contributed by atoms with van der Waals surface area (Å²) >= 11 is 0. The van der Waals surface area contributed by atoms with Gasteiger partial charge in [0.2, 0.25) is 21.8 Å². The molecule has 2 aromatic rings. The zero-order valence-corrected chi connectivity index (χ0v) is 16.2. The monoisotopic (exact) mass is 404 g/mol. The Kier molecular flexibility index (Phi) is 5.79. The zero-order valence-electron chi connectivity index (χ0n) is 15.3. The molecular formula is C20H21FN2O4S. The number of hydrogen-bond donors (Lipinski definition) is 1. The van der Waals surface area contributed by atoms with E-state index in [1.54, 1.807) is 18.2 Å². The molecule has 0 radical (unpaired) electrons. The number of likely N-dealkylation sites (tertiary alicyclic amines) is 1. The van der Waals surface area contributed by atoms with Crippen molar-refractivity contribution in [2.24, 2.45) is 0 Å². The first-order chi connectivity index (χ1) is 13.2. The van der Waals surface area contributed by atoms with E-state index in [4.69, 9.17) is 0 Å². The number of amides is 2. The molecule has 0 bridgehead atoms. The van der Waals surface area contributed by atoms with Crippen molar-refractivity contribution in [1.82, 2.24) is 9.62 Å². The van der Waals surface area contributed by atoms with E-state index < -0.39 is 27.8 Å². The lowest BCUT2D eigenvalue weighted by Gasteiger charge is -2.28. The SMILES string of the molecule is CS(=O)(=O)NC(=O)CC1C(c2ccccc2)CC(=O)N1Cc1ccccc1F. The third-order valence-corrected chi connectivity index (χ3v) is 5.40. The van der Waals surface area contributed by atoms with Crippen molar-refractivity contribution in [3.8, 4) is 0 Å². The van der Waals surface area contributed by atoms with Crippen LogP contribution in [-0.4, -0.2) is 37.4 Å². The van der Waals surface area contributed by atoms with Crippen molar-refractivity contribution in [1.29, 1.82) is 0 Å². The van der Waals surface area contributed by atoms with Gasteiger partial charge >= 0.3 is 0 Å². The van der Waals surface area contributed by atoms with Gasteiger partial charge in [0.15, 0.2) is 0 Å². The van der Waals surface area contributed by atoms with Gasteiger partial charge in [-0.1, -0.05) is 48.5 Å². The number of hydrogen-bond acceptors (Lipinski definition) is 4. The summed E-state index contributed by atoms with van der Waals surface area (Å²) in [5.74, 6) is -1.61. The summed E-state index contributed by atoms with van der Waals surface area (Å²) in [6.45, 7) is 0.0195. The maximum atomic E-state index is 14.1. The van der Waals surface area contributed by atoms with Gasteiger partial charge in [0.1, 0.15) is 5.82 Å². The Labute approximate surface area is 163 Å². The number of sulfonamides is 1. The molecule has 0 aromatic heterocycles. The molecule has 1 N–H and O–H groups in total. The topological polar surface area (TPSA) is 83.5 Å². The van der Waals surface area contributed by atoms with Gasteiger partial charge in [-0.25, -0.2) is 12.8 Å². The van der Waals surface area contributed by atoms with Crippen LogP contribution in [0.25, 0.3) is 0 Å². The predicted molar refractivity (Wildman–Crippen MR) is 102 cm³/mol. The first kappa shape index (κ1) is 20.0. The van der Waals surface area contributed by atoms with E-state index >= 15 is 0 Å². The Morgan fingerprint density at radius 3 is 2.43 bits per heavy atom. The van der Waals surface area contributed by atoms with E-state index in [9.17, 15) is 22.4 Å². The number of benzene rings is 2. The number of nitrogens with one attached hydrogen (secondary N) is 1. The van der Waals surface area contributed by atoms with Crippen LogP contribution in [0, 0.1) is 5.82 Å². The van der Waals surface area contributed by atoms with Crippen LogP contribution in [0.5, 0.6) is 0 Å². The fourth-order valence-corrected chi connectivity index (χ4v) is 4.09. The second kappa shape index (κ2) is 8.10. The second-order valence-electron chi connectivity index (χ2n) is 6.90. The molecule has 1 saturated heterocycles. The molecule has 3 rings (SSSR count). The summed E-state index contributed by atoms with van der Waals surface area (Å²) in [5.41, 5.74) is 1.22. The quantitative estimate of drug-likeness (QED) is 0.800. The van der Waals surface area contributed by atoms with E-state index in [1.165, 1.54) is 11.0 Å². The van der Waals surface area contributed by atoms with Gasteiger partial charge < -0.3 is 4.90 Å². The van der Waals surface area contributed by atoms with E-state index in [2.05, 4.69) is 0 Å². The number of carbonyl (C=O) groups is 2. The van der Waals surface area contributed by atoms with Gasteiger partial charge in [-0.3, -0.25) is 14.3 Å². The van der Waals surface area contributed by atoms with Gasteiger partial charge in [0, 0.05) is 36.9 Å². The molecule has 6 nitrogen and oxygen atoms in total. The number of nitrogens with zero attached hydrogens (tertiary/aromatic N) is 1. The minimum absolute atomic E-state index is 0.0195. The lowest BCUT2D eigenvalue weighted by atomic mass is 9.89. The summed E-state index contributed by atoms with van der Waals surface area (Å²) in [6.07, 6.45) is 0.888. The van der Waals surface area contributed by atoms with Gasteiger partial charge in [-0.15, -0.1) is 0 Å². The van der Waals surface area contributed by atoms with E-state index in [1.807, 2.05) is 35.1 Å². The van der Waals surface area contributed by atoms with Gasteiger partial charge in [0.25, 0.3) is 0 Å². The van der Waals surface area contributed by atoms with Crippen LogP contribution >= 0.6 is 0 Å². The second-order valence-corrected chi connectivity index (χ2v) is 8.65. The van der Waals surface area contributed by atoms with E-state index in [0.29, 0.717) is 5.56 Å². The standard InChI is InChI=1S/C20H21FN2O4S/c1-28(26,27)22-19(24)12-18-16(14-7-3-2-4-8-14)11-20(25)23(18)13-15-9-5-6-10-17(15)21/h2-10,16,18H,11-13H2,1H3,(H,22,24). The molecule has 28 heavy (non-hydrogen) atoms. The van der Waals surface area contributed by atoms with Gasteiger partial charge in [0.05, 0.1) is 6.26 Å². The Morgan fingerprint density at radius 1 is 1.14 bits per heavy atom. The molecule has 148 valence electrons. The molecule has 1 aliphatic rings. The highest BCUT2D eigenvalue weighted by atomic mass is 32.2. The van der Waals surface area contributed by atoms with Crippen molar-refractivity contribution in [2.45, 2.75) is 31.3 Å². The highest BCUT2D eigenvalue weighted by Gasteiger charge is 2.41. The first-order valence-electron chi connectivity index (χ1n) is 8.83. The summed E-state index contributed by atoms with van der Waals surface area (Å²) in [5, 5.41) is 0. The molecule has 2 unspecified atom stereocenters. The van der Waals surface area contributed by atoms with Crippen molar-refractivity contribution in [2.75, 3.05) is 6.26 Å². The largest absolute Gasteiger partial charge is 0.334 e. The molecule has 8 heteroatoms. The molecule has 0 aliphatic carbocycles. The lowest BCUT2D eigenvalue weighted by Crippen LogP contribution is -2.40. The van der Waals surface area contributed by atoms with Crippen molar-refractivity contribution < 1.29 is 22.4 Å². The van der Waals surface area contributed by atoms with Crippen molar-refractivity contribution in [3.63, 3.8) is 0 Å². The van der Waals surface area contributed by atoms with Crippen LogP contribution in [0.4, 0.5) is 4.39 Å². The third-order valence-electron chi connectivity index (χ3n) is 4.80. The van der Waals surface area contributed by atoms with E-state index in [0.717, 1.165) is 11.8 Å². The molecular weight excluding hydrogens is 383 g/mol. The van der Waals surface area contributed by atoms with Crippen LogP contribution < -0.4 is 4.72 Å². The van der Waals surface area contributed by atoms with Gasteiger partial charge in [-0.05, 0) is 11.6 Å². The summed E-state index contributed by atoms with van der Waals surface area (Å²) in [4.78, 5) is 26.4. The van der Waals surface area contributed by atoms with Crippen LogP contribution in [0.3, 0.4) is 0 Å². The Hall–Kier alpha value is -2.74. The number of carbonyl (C=O) groups excluding carboxylic acids is 2.